The number of ether oxygens (including phenoxy) is 1. The highest BCUT2D eigenvalue weighted by molar-refractivity contribution is 8.00. The van der Waals surface area contributed by atoms with Gasteiger partial charge in [-0.25, -0.2) is 0 Å². The molecule has 7 nitrogen and oxygen atoms in total. The molecule has 1 aromatic rings. The maximum absolute atomic E-state index is 4.93. The number of hydrogen-bond acceptors (Lipinski definition) is 7. The topological polar surface area (TPSA) is 101 Å². The monoisotopic (exact) mass is 250 g/mol. The van der Waals surface area contributed by atoms with Gasteiger partial charge in [-0.15, -0.1) is 0 Å². The quantitative estimate of drug-likeness (QED) is 0.0949. The lowest BCUT2D eigenvalue weighted by Crippen LogP contribution is -1.85. The van der Waals surface area contributed by atoms with Gasteiger partial charge in [0.1, 0.15) is 5.94 Å². The first-order chi connectivity index (χ1) is 6.83. The van der Waals surface area contributed by atoms with Crippen molar-refractivity contribution in [3.05, 3.63) is 3.95 Å². The molecule has 0 atom stereocenters. The van der Waals surface area contributed by atoms with Crippen LogP contribution in [-0.2, 0) is 4.74 Å². The van der Waals surface area contributed by atoms with Crippen molar-refractivity contribution >= 4 is 41.7 Å². The molecule has 0 saturated heterocycles. The van der Waals surface area contributed by atoms with E-state index in [-0.39, 0.29) is 0 Å². The third-order valence-electron chi connectivity index (χ3n) is 0.894. The smallest absolute Gasteiger partial charge is 0.197 e. The number of hydrogen-bond donors (Lipinski definition) is 2. The summed E-state index contributed by atoms with van der Waals surface area (Å²) in [6, 6.07) is 0. The van der Waals surface area contributed by atoms with Crippen molar-refractivity contribution in [2.75, 3.05) is 5.94 Å². The first kappa shape index (κ1) is 11.1. The van der Waals surface area contributed by atoms with E-state index in [0.717, 1.165) is 10.7 Å². The number of thioether (sulfide) groups is 1. The van der Waals surface area contributed by atoms with Crippen molar-refractivity contribution in [1.82, 2.24) is 10.2 Å². The summed E-state index contributed by atoms with van der Waals surface area (Å²) in [6.45, 7) is 0. The van der Waals surface area contributed by atoms with Crippen LogP contribution in [0, 0.1) is 3.95 Å². The van der Waals surface area contributed by atoms with Gasteiger partial charge < -0.3 is 10.6 Å². The van der Waals surface area contributed by atoms with Crippen LogP contribution in [0.4, 0.5) is 0 Å². The van der Waals surface area contributed by atoms with E-state index < -0.39 is 0 Å². The van der Waals surface area contributed by atoms with E-state index in [9.17, 15) is 0 Å². The van der Waals surface area contributed by atoms with Gasteiger partial charge in [0.05, 0.1) is 0 Å². The summed E-state index contributed by atoms with van der Waals surface area (Å²) in [5.74, 6) is 5.07. The molecule has 0 aromatic carbocycles. The Labute approximate surface area is 92.4 Å². The van der Waals surface area contributed by atoms with Gasteiger partial charge in [0, 0.05) is 0 Å². The van der Waals surface area contributed by atoms with Gasteiger partial charge in [-0.2, -0.15) is 5.10 Å². The molecule has 0 aliphatic carbocycles. The highest BCUT2D eigenvalue weighted by atomic mass is 32.2. The molecule has 0 bridgehead atoms. The minimum absolute atomic E-state index is 0.375. The molecule has 0 aliphatic heterocycles. The molecular weight excluding hydrogens is 244 g/mol. The molecule has 1 rings (SSSR count). The highest BCUT2D eigenvalue weighted by Gasteiger charge is 1.96. The Hall–Kier alpha value is -1.00. The van der Waals surface area contributed by atoms with Crippen LogP contribution < -0.4 is 5.84 Å². The summed E-state index contributed by atoms with van der Waals surface area (Å²) in [4.78, 5) is 0. The van der Waals surface area contributed by atoms with Gasteiger partial charge in [-0.3, -0.25) is 5.10 Å². The van der Waals surface area contributed by atoms with E-state index in [4.69, 9.17) is 22.8 Å². The molecule has 0 unspecified atom stereocenters. The van der Waals surface area contributed by atoms with Crippen molar-refractivity contribution in [2.24, 2.45) is 21.4 Å². The number of nitrogens with two attached hydrogens (primary N) is 1. The van der Waals surface area contributed by atoms with E-state index in [1.165, 1.54) is 23.1 Å². The predicted octanol–water partition coefficient (Wildman–Crippen LogP) is 1.54. The van der Waals surface area contributed by atoms with Crippen LogP contribution in [0.15, 0.2) is 19.9 Å². The standard InChI is InChI=1S/C4H6N6OS3/c5-9-10-6-1-11-2-13-4-8-7-3(12)14-4/h1H,2H2,(H2,5,10)(H,7,12)/b6-1+. The zero-order valence-corrected chi connectivity index (χ0v) is 9.23. The maximum Gasteiger partial charge on any atom is 0.197 e. The van der Waals surface area contributed by atoms with Gasteiger partial charge in [0.2, 0.25) is 0 Å². The van der Waals surface area contributed by atoms with Crippen LogP contribution in [-0.4, -0.2) is 22.5 Å². The molecular formula is C4H6N6OS3. The van der Waals surface area contributed by atoms with E-state index in [0.29, 0.717) is 9.89 Å². The molecule has 0 aliphatic rings. The summed E-state index contributed by atoms with van der Waals surface area (Å²) in [5.41, 5.74) is 0. The Morgan fingerprint density at radius 3 is 3.29 bits per heavy atom. The van der Waals surface area contributed by atoms with Crippen LogP contribution in [0.1, 0.15) is 0 Å². The van der Waals surface area contributed by atoms with Crippen LogP contribution in [0.25, 0.3) is 0 Å². The molecule has 0 saturated carbocycles. The van der Waals surface area contributed by atoms with Crippen LogP contribution in [0.3, 0.4) is 0 Å². The van der Waals surface area contributed by atoms with Crippen molar-refractivity contribution in [3.63, 3.8) is 0 Å². The lowest BCUT2D eigenvalue weighted by molar-refractivity contribution is 0.397. The molecule has 14 heavy (non-hydrogen) atoms. The third-order valence-corrected chi connectivity index (χ3v) is 2.97. The maximum atomic E-state index is 4.93. The minimum atomic E-state index is 0.375. The second-order valence-corrected chi connectivity index (χ2v) is 4.57. The summed E-state index contributed by atoms with van der Waals surface area (Å²) >= 11 is 7.62. The number of H-pyrrole nitrogens is 1. The molecule has 0 amide bonds. The van der Waals surface area contributed by atoms with Crippen molar-refractivity contribution in [3.8, 4) is 0 Å². The number of aromatic amines is 1. The van der Waals surface area contributed by atoms with Gasteiger partial charge in [0.15, 0.2) is 14.7 Å². The summed E-state index contributed by atoms with van der Waals surface area (Å²) < 4.78 is 6.38. The summed E-state index contributed by atoms with van der Waals surface area (Å²) in [7, 11) is 0. The lowest BCUT2D eigenvalue weighted by atomic mass is 11.4. The number of nitrogens with zero attached hydrogens (tertiary/aromatic N) is 4. The number of aromatic nitrogens is 2. The fourth-order valence-electron chi connectivity index (χ4n) is 0.477. The van der Waals surface area contributed by atoms with Crippen molar-refractivity contribution < 1.29 is 4.74 Å². The van der Waals surface area contributed by atoms with Crippen LogP contribution in [0.2, 0.25) is 0 Å². The Bertz CT molecular complexity index is 369. The Kier molecular flexibility index (Phi) is 5.11. The zero-order valence-electron chi connectivity index (χ0n) is 6.78. The Morgan fingerprint density at radius 2 is 2.64 bits per heavy atom. The zero-order chi connectivity index (χ0) is 10.2. The van der Waals surface area contributed by atoms with Gasteiger partial charge >= 0.3 is 0 Å². The van der Waals surface area contributed by atoms with Gasteiger partial charge in [-0.1, -0.05) is 33.4 Å². The first-order valence-electron chi connectivity index (χ1n) is 3.24. The number of nitrogens with one attached hydrogen (secondary N) is 1. The Balaban J connectivity index is 2.19. The first-order valence-corrected chi connectivity index (χ1v) is 5.45. The molecule has 3 N–H and O–H groups in total. The Morgan fingerprint density at radius 1 is 1.79 bits per heavy atom. The fraction of sp³-hybridized carbons (Fsp3) is 0.250. The molecule has 0 fully saturated rings. The van der Waals surface area contributed by atoms with E-state index in [1.807, 2.05) is 0 Å². The highest BCUT2D eigenvalue weighted by Crippen LogP contribution is 2.19. The van der Waals surface area contributed by atoms with E-state index in [1.54, 1.807) is 0 Å². The predicted molar refractivity (Wildman–Crippen MR) is 56.6 cm³/mol. The number of rotatable bonds is 5. The van der Waals surface area contributed by atoms with Crippen LogP contribution in [0.5, 0.6) is 0 Å². The normalized spacial score (nSPS) is 11.4. The summed E-state index contributed by atoms with van der Waals surface area (Å²) in [6.07, 6.45) is 1.15. The third kappa shape index (κ3) is 4.30. The molecule has 0 radical (unpaired) electrons. The average molecular weight is 250 g/mol. The van der Waals surface area contributed by atoms with Crippen molar-refractivity contribution in [2.45, 2.75) is 4.34 Å². The molecule has 0 spiro atoms. The largest absolute Gasteiger partial charge is 0.470 e. The molecule has 10 heteroatoms. The second-order valence-electron chi connectivity index (χ2n) is 1.73. The van der Waals surface area contributed by atoms with E-state index in [2.05, 4.69) is 25.7 Å². The SMILES string of the molecule is N/N=N/N=C/OCSc1n[nH]c(=S)s1. The van der Waals surface area contributed by atoms with Crippen molar-refractivity contribution in [1.29, 1.82) is 0 Å². The average Bonchev–Trinajstić information content (AvgIpc) is 2.58. The lowest BCUT2D eigenvalue weighted by Gasteiger charge is -1.93. The van der Waals surface area contributed by atoms with Gasteiger partial charge in [-0.05, 0) is 17.4 Å². The van der Waals surface area contributed by atoms with E-state index >= 15 is 0 Å². The molecule has 1 heterocycles. The van der Waals surface area contributed by atoms with Crippen LogP contribution >= 0.6 is 35.3 Å². The fourth-order valence-corrected chi connectivity index (χ4v) is 2.23. The second kappa shape index (κ2) is 6.45. The minimum Gasteiger partial charge on any atom is -0.470 e. The summed E-state index contributed by atoms with van der Waals surface area (Å²) in [5, 5.41) is 16.0. The molecule has 76 valence electrons. The molecule has 1 aromatic heterocycles. The van der Waals surface area contributed by atoms with Gasteiger partial charge in [0.25, 0.3) is 0 Å².